The van der Waals surface area contributed by atoms with Crippen LogP contribution >= 0.6 is 0 Å². The van der Waals surface area contributed by atoms with Gasteiger partial charge in [-0.2, -0.15) is 0 Å². The average Bonchev–Trinajstić information content (AvgIpc) is 2.73. The van der Waals surface area contributed by atoms with E-state index in [1.807, 2.05) is 0 Å². The number of halogens is 3. The summed E-state index contributed by atoms with van der Waals surface area (Å²) in [6.45, 7) is 0. The summed E-state index contributed by atoms with van der Waals surface area (Å²) < 4.78 is 56.8. The van der Waals surface area contributed by atoms with E-state index in [0.29, 0.717) is 34.5 Å². The normalized spacial score (nSPS) is 10.5. The molecule has 0 heterocycles. The summed E-state index contributed by atoms with van der Waals surface area (Å²) in [5.74, 6) is 1.24. The third kappa shape index (κ3) is 5.11. The van der Waals surface area contributed by atoms with Crippen molar-refractivity contribution in [2.75, 3.05) is 0 Å². The second kappa shape index (κ2) is 8.61. The highest BCUT2D eigenvalue weighted by Gasteiger charge is 2.09. The van der Waals surface area contributed by atoms with Crippen LogP contribution in [0, 0.1) is 17.5 Å². The predicted molar refractivity (Wildman–Crippen MR) is 106 cm³/mol. The van der Waals surface area contributed by atoms with E-state index in [0.717, 1.165) is 0 Å². The van der Waals surface area contributed by atoms with Crippen molar-refractivity contribution in [3.8, 4) is 34.5 Å². The van der Waals surface area contributed by atoms with Crippen LogP contribution in [-0.4, -0.2) is 0 Å². The molecule has 0 aromatic heterocycles. The first-order chi connectivity index (χ1) is 14.5. The minimum Gasteiger partial charge on any atom is -0.457 e. The molecule has 150 valence electrons. The van der Waals surface area contributed by atoms with E-state index in [4.69, 9.17) is 14.2 Å². The lowest BCUT2D eigenvalue weighted by atomic mass is 10.2. The van der Waals surface area contributed by atoms with Gasteiger partial charge in [0.25, 0.3) is 0 Å². The maximum Gasteiger partial charge on any atom is 0.134 e. The molecule has 0 aliphatic carbocycles. The largest absolute Gasteiger partial charge is 0.457 e. The number of benzene rings is 4. The zero-order chi connectivity index (χ0) is 20.9. The van der Waals surface area contributed by atoms with Gasteiger partial charge in [0.1, 0.15) is 51.9 Å². The average molecular weight is 408 g/mol. The molecule has 0 fully saturated rings. The third-order valence-electron chi connectivity index (χ3n) is 4.00. The monoisotopic (exact) mass is 408 g/mol. The van der Waals surface area contributed by atoms with E-state index < -0.39 is 0 Å². The second-order valence-electron chi connectivity index (χ2n) is 6.31. The Balaban J connectivity index is 1.64. The lowest BCUT2D eigenvalue weighted by molar-refractivity contribution is 0.438. The quantitative estimate of drug-likeness (QED) is 0.331. The van der Waals surface area contributed by atoms with E-state index in [9.17, 15) is 13.2 Å². The van der Waals surface area contributed by atoms with Gasteiger partial charge in [-0.15, -0.1) is 0 Å². The topological polar surface area (TPSA) is 27.7 Å². The van der Waals surface area contributed by atoms with Crippen molar-refractivity contribution in [2.24, 2.45) is 0 Å². The molecule has 4 rings (SSSR count). The van der Waals surface area contributed by atoms with Gasteiger partial charge >= 0.3 is 0 Å². The molecule has 0 N–H and O–H groups in total. The SMILES string of the molecule is Fc1ccc(Oc2cc(Oc3ccc(F)cc3)cc(Oc3ccc(F)cc3)c2)cc1. The summed E-state index contributed by atoms with van der Waals surface area (Å²) in [6.07, 6.45) is 0. The first kappa shape index (κ1) is 19.4. The van der Waals surface area contributed by atoms with Crippen LogP contribution in [0.15, 0.2) is 91.0 Å². The summed E-state index contributed by atoms with van der Waals surface area (Å²) >= 11 is 0. The Hall–Kier alpha value is -3.93. The van der Waals surface area contributed by atoms with Crippen LogP contribution < -0.4 is 14.2 Å². The van der Waals surface area contributed by atoms with Crippen LogP contribution in [0.1, 0.15) is 0 Å². The van der Waals surface area contributed by atoms with Gasteiger partial charge in [-0.1, -0.05) is 0 Å². The number of hydrogen-bond acceptors (Lipinski definition) is 3. The fourth-order valence-corrected chi connectivity index (χ4v) is 2.64. The van der Waals surface area contributed by atoms with Gasteiger partial charge < -0.3 is 14.2 Å². The lowest BCUT2D eigenvalue weighted by Gasteiger charge is -2.13. The fraction of sp³-hybridized carbons (Fsp3) is 0. The molecular formula is C24H15F3O3. The molecule has 0 radical (unpaired) electrons. The molecular weight excluding hydrogens is 393 g/mol. The molecule has 6 heteroatoms. The van der Waals surface area contributed by atoms with Gasteiger partial charge in [0.2, 0.25) is 0 Å². The third-order valence-corrected chi connectivity index (χ3v) is 4.00. The van der Waals surface area contributed by atoms with Gasteiger partial charge in [-0.25, -0.2) is 13.2 Å². The molecule has 0 atom stereocenters. The van der Waals surface area contributed by atoms with Crippen molar-refractivity contribution >= 4 is 0 Å². The van der Waals surface area contributed by atoms with Gasteiger partial charge in [0, 0.05) is 18.2 Å². The molecule has 0 spiro atoms. The molecule has 4 aromatic rings. The van der Waals surface area contributed by atoms with Crippen molar-refractivity contribution in [3.63, 3.8) is 0 Å². The molecule has 0 bridgehead atoms. The van der Waals surface area contributed by atoms with Gasteiger partial charge in [-0.05, 0) is 72.8 Å². The molecule has 0 saturated carbocycles. The fourth-order valence-electron chi connectivity index (χ4n) is 2.64. The highest BCUT2D eigenvalue weighted by Crippen LogP contribution is 2.35. The minimum absolute atomic E-state index is 0.373. The zero-order valence-electron chi connectivity index (χ0n) is 15.5. The van der Waals surface area contributed by atoms with Crippen LogP contribution in [0.2, 0.25) is 0 Å². The minimum atomic E-state index is -0.379. The first-order valence-electron chi connectivity index (χ1n) is 8.99. The summed E-state index contributed by atoms with van der Waals surface area (Å²) in [5, 5.41) is 0. The number of ether oxygens (including phenoxy) is 3. The summed E-state index contributed by atoms with van der Waals surface area (Å²) in [5.41, 5.74) is 0. The molecule has 4 aromatic carbocycles. The molecule has 0 unspecified atom stereocenters. The standard InChI is InChI=1S/C24H15F3O3/c25-16-1-7-19(8-2-16)28-22-13-23(29-20-9-3-17(26)4-10-20)15-24(14-22)30-21-11-5-18(27)6-12-21/h1-15H. The van der Waals surface area contributed by atoms with Gasteiger partial charge in [0.15, 0.2) is 0 Å². The Bertz CT molecular complexity index is 967. The van der Waals surface area contributed by atoms with E-state index in [-0.39, 0.29) is 17.5 Å². The molecule has 30 heavy (non-hydrogen) atoms. The zero-order valence-corrected chi connectivity index (χ0v) is 15.5. The number of hydrogen-bond donors (Lipinski definition) is 0. The van der Waals surface area contributed by atoms with E-state index in [2.05, 4.69) is 0 Å². The Labute approximate surface area is 170 Å². The van der Waals surface area contributed by atoms with Crippen LogP contribution in [0.25, 0.3) is 0 Å². The molecule has 0 saturated heterocycles. The molecule has 0 amide bonds. The summed E-state index contributed by atoms with van der Waals surface area (Å²) in [6, 6.07) is 21.5. The lowest BCUT2D eigenvalue weighted by Crippen LogP contribution is -1.91. The number of rotatable bonds is 6. The maximum atomic E-state index is 13.1. The van der Waals surface area contributed by atoms with E-state index in [1.54, 1.807) is 18.2 Å². The summed E-state index contributed by atoms with van der Waals surface area (Å²) in [4.78, 5) is 0. The van der Waals surface area contributed by atoms with Crippen LogP contribution in [0.4, 0.5) is 13.2 Å². The Morgan fingerprint density at radius 2 is 0.567 bits per heavy atom. The van der Waals surface area contributed by atoms with Crippen molar-refractivity contribution in [2.45, 2.75) is 0 Å². The van der Waals surface area contributed by atoms with Crippen LogP contribution in [0.3, 0.4) is 0 Å². The molecule has 0 aliphatic rings. The van der Waals surface area contributed by atoms with Gasteiger partial charge in [0.05, 0.1) is 0 Å². The van der Waals surface area contributed by atoms with Crippen molar-refractivity contribution in [3.05, 3.63) is 108 Å². The van der Waals surface area contributed by atoms with Crippen molar-refractivity contribution < 1.29 is 27.4 Å². The second-order valence-corrected chi connectivity index (χ2v) is 6.31. The van der Waals surface area contributed by atoms with Crippen LogP contribution in [0.5, 0.6) is 34.5 Å². The van der Waals surface area contributed by atoms with Crippen molar-refractivity contribution in [1.82, 2.24) is 0 Å². The predicted octanol–water partition coefficient (Wildman–Crippen LogP) is 7.48. The Morgan fingerprint density at radius 3 is 0.800 bits per heavy atom. The Kier molecular flexibility index (Phi) is 5.57. The van der Waals surface area contributed by atoms with Gasteiger partial charge in [-0.3, -0.25) is 0 Å². The highest BCUT2D eigenvalue weighted by molar-refractivity contribution is 5.47. The van der Waals surface area contributed by atoms with Crippen LogP contribution in [-0.2, 0) is 0 Å². The Morgan fingerprint density at radius 1 is 0.333 bits per heavy atom. The molecule has 3 nitrogen and oxygen atoms in total. The summed E-state index contributed by atoms with van der Waals surface area (Å²) in [7, 11) is 0. The first-order valence-corrected chi connectivity index (χ1v) is 8.99. The maximum absolute atomic E-state index is 13.1. The van der Waals surface area contributed by atoms with Crippen molar-refractivity contribution in [1.29, 1.82) is 0 Å². The smallest absolute Gasteiger partial charge is 0.134 e. The molecule has 0 aliphatic heterocycles. The highest BCUT2D eigenvalue weighted by atomic mass is 19.1. The van der Waals surface area contributed by atoms with E-state index in [1.165, 1.54) is 72.8 Å². The van der Waals surface area contributed by atoms with E-state index >= 15 is 0 Å².